The van der Waals surface area contributed by atoms with Crippen LogP contribution >= 0.6 is 0 Å². The molecule has 2 N–H and O–H groups in total. The van der Waals surface area contributed by atoms with Crippen molar-refractivity contribution < 1.29 is 41.0 Å². The van der Waals surface area contributed by atoms with Crippen molar-refractivity contribution in [3.8, 4) is 11.3 Å². The van der Waals surface area contributed by atoms with Gasteiger partial charge in [0.1, 0.15) is 18.4 Å². The van der Waals surface area contributed by atoms with E-state index in [4.69, 9.17) is 5.11 Å². The number of rotatable bonds is 4. The number of halogens is 6. The summed E-state index contributed by atoms with van der Waals surface area (Å²) in [6.45, 7) is 0. The molecule has 0 spiro atoms. The largest absolute Gasteiger partial charge is 0.481 e. The Hall–Kier alpha value is -3.18. The van der Waals surface area contributed by atoms with Gasteiger partial charge in [-0.1, -0.05) is 0 Å². The third-order valence-electron chi connectivity index (χ3n) is 3.17. The highest BCUT2D eigenvalue weighted by atomic mass is 19.4. The molecule has 0 aliphatic rings. The molecule has 12 heteroatoms. The molecule has 0 bridgehead atoms. The van der Waals surface area contributed by atoms with Crippen LogP contribution in [0.25, 0.3) is 11.3 Å². The van der Waals surface area contributed by atoms with Crippen molar-refractivity contribution in [1.29, 1.82) is 0 Å². The predicted octanol–water partition coefficient (Wildman–Crippen LogP) is 3.59. The monoisotopic (exact) mass is 393 g/mol. The number of amides is 1. The van der Waals surface area contributed by atoms with Gasteiger partial charge in [-0.15, -0.1) is 0 Å². The molecule has 144 valence electrons. The molecular weight excluding hydrogens is 384 g/mol. The maximum atomic E-state index is 12.9. The molecule has 2 aromatic rings. The summed E-state index contributed by atoms with van der Waals surface area (Å²) in [5.41, 5.74) is -3.93. The number of alkyl halides is 6. The van der Waals surface area contributed by atoms with E-state index in [1.807, 2.05) is 5.32 Å². The highest BCUT2D eigenvalue weighted by Gasteiger charge is 2.34. The summed E-state index contributed by atoms with van der Waals surface area (Å²) in [5, 5.41) is 10.6. The van der Waals surface area contributed by atoms with Crippen LogP contribution < -0.4 is 5.32 Å². The zero-order chi connectivity index (χ0) is 20.4. The van der Waals surface area contributed by atoms with Crippen molar-refractivity contribution >= 4 is 17.6 Å². The molecule has 6 nitrogen and oxygen atoms in total. The molecule has 0 unspecified atom stereocenters. The second-order valence-electron chi connectivity index (χ2n) is 5.16. The van der Waals surface area contributed by atoms with Crippen molar-refractivity contribution in [1.82, 2.24) is 9.97 Å². The number of hydrogen-bond donors (Lipinski definition) is 2. The lowest BCUT2D eigenvalue weighted by molar-refractivity contribution is -0.141. The smallest absolute Gasteiger partial charge is 0.433 e. The molecule has 2 rings (SSSR count). The lowest BCUT2D eigenvalue weighted by atomic mass is 10.0. The third kappa shape index (κ3) is 5.15. The lowest BCUT2D eigenvalue weighted by Crippen LogP contribution is -2.17. The Kier molecular flexibility index (Phi) is 5.38. The number of benzene rings is 1. The number of nitrogens with zero attached hydrogens (tertiary/aromatic N) is 2. The van der Waals surface area contributed by atoms with Crippen LogP contribution in [0.15, 0.2) is 30.6 Å². The second kappa shape index (κ2) is 7.21. The topological polar surface area (TPSA) is 92.2 Å². The zero-order valence-electron chi connectivity index (χ0n) is 13.0. The van der Waals surface area contributed by atoms with Crippen LogP contribution in [0.1, 0.15) is 17.7 Å². The number of anilines is 1. The van der Waals surface area contributed by atoms with Crippen molar-refractivity contribution in [2.24, 2.45) is 0 Å². The highest BCUT2D eigenvalue weighted by Crippen LogP contribution is 2.37. The number of aliphatic carboxylic acids is 1. The van der Waals surface area contributed by atoms with Crippen molar-refractivity contribution in [2.45, 2.75) is 18.8 Å². The van der Waals surface area contributed by atoms with Gasteiger partial charge < -0.3 is 10.4 Å². The quantitative estimate of drug-likeness (QED) is 0.612. The van der Waals surface area contributed by atoms with E-state index in [-0.39, 0.29) is 5.69 Å². The number of hydrogen-bond acceptors (Lipinski definition) is 4. The van der Waals surface area contributed by atoms with Crippen LogP contribution in [0.4, 0.5) is 32.0 Å². The summed E-state index contributed by atoms with van der Waals surface area (Å²) in [6.07, 6.45) is -10.1. The van der Waals surface area contributed by atoms with E-state index in [9.17, 15) is 35.9 Å². The normalized spacial score (nSPS) is 11.9. The molecule has 0 atom stereocenters. The van der Waals surface area contributed by atoms with E-state index in [0.717, 1.165) is 6.07 Å². The number of carbonyl (C=O) groups excluding carboxylic acids is 1. The van der Waals surface area contributed by atoms with Gasteiger partial charge in [0, 0.05) is 5.56 Å². The van der Waals surface area contributed by atoms with Gasteiger partial charge in [-0.25, -0.2) is 9.97 Å². The molecule has 1 aromatic heterocycles. The van der Waals surface area contributed by atoms with Gasteiger partial charge in [0.05, 0.1) is 16.9 Å². The van der Waals surface area contributed by atoms with Crippen molar-refractivity contribution in [3.05, 3.63) is 41.9 Å². The summed E-state index contributed by atoms with van der Waals surface area (Å²) < 4.78 is 77.2. The highest BCUT2D eigenvalue weighted by molar-refractivity contribution is 6.03. The first-order valence-corrected chi connectivity index (χ1v) is 7.00. The molecule has 0 fully saturated rings. The third-order valence-corrected chi connectivity index (χ3v) is 3.17. The summed E-state index contributed by atoms with van der Waals surface area (Å²) in [4.78, 5) is 28.7. The van der Waals surface area contributed by atoms with Gasteiger partial charge in [-0.3, -0.25) is 9.59 Å². The summed E-state index contributed by atoms with van der Waals surface area (Å²) in [6, 6.07) is 2.31. The lowest BCUT2D eigenvalue weighted by Gasteiger charge is -2.15. The Bertz CT molecular complexity index is 880. The average molecular weight is 393 g/mol. The molecule has 27 heavy (non-hydrogen) atoms. The molecule has 1 heterocycles. The van der Waals surface area contributed by atoms with Crippen molar-refractivity contribution in [2.75, 3.05) is 5.32 Å². The number of carboxylic acid groups (broad SMARTS) is 1. The van der Waals surface area contributed by atoms with Gasteiger partial charge in [0.25, 0.3) is 0 Å². The van der Waals surface area contributed by atoms with Gasteiger partial charge in [-0.2, -0.15) is 26.3 Å². The van der Waals surface area contributed by atoms with Gasteiger partial charge >= 0.3 is 18.3 Å². The van der Waals surface area contributed by atoms with Gasteiger partial charge in [-0.05, 0) is 24.3 Å². The summed E-state index contributed by atoms with van der Waals surface area (Å²) >= 11 is 0. The maximum Gasteiger partial charge on any atom is 0.433 e. The fraction of sp³-hybridized carbons (Fsp3) is 0.200. The van der Waals surface area contributed by atoms with Crippen LogP contribution in [0.5, 0.6) is 0 Å². The first-order chi connectivity index (χ1) is 12.4. The van der Waals surface area contributed by atoms with E-state index >= 15 is 0 Å². The SMILES string of the molecule is O=C(O)CC(=O)Nc1ccc(C(F)(F)F)cc1-c1cc(C(F)(F)F)ncn1. The Morgan fingerprint density at radius 2 is 1.67 bits per heavy atom. The molecule has 0 aliphatic carbocycles. The minimum Gasteiger partial charge on any atom is -0.481 e. The number of nitrogens with one attached hydrogen (secondary N) is 1. The van der Waals surface area contributed by atoms with E-state index in [2.05, 4.69) is 9.97 Å². The predicted molar refractivity (Wildman–Crippen MR) is 78.4 cm³/mol. The van der Waals surface area contributed by atoms with E-state index in [1.165, 1.54) is 0 Å². The number of carboxylic acids is 1. The Labute approximate surface area is 146 Å². The minimum atomic E-state index is -4.87. The molecular formula is C15H9F6N3O3. The maximum absolute atomic E-state index is 12.9. The zero-order valence-corrected chi connectivity index (χ0v) is 13.0. The van der Waals surface area contributed by atoms with Gasteiger partial charge in [0.15, 0.2) is 0 Å². The molecule has 0 saturated heterocycles. The minimum absolute atomic E-state index is 0.332. The Morgan fingerprint density at radius 3 is 2.22 bits per heavy atom. The summed E-state index contributed by atoms with van der Waals surface area (Å²) in [7, 11) is 0. The van der Waals surface area contributed by atoms with Crippen LogP contribution in [-0.4, -0.2) is 27.0 Å². The first kappa shape index (κ1) is 20.1. The standard InChI is InChI=1S/C15H9F6N3O3/c16-14(17,18)7-1-2-9(24-12(25)5-13(26)27)8(3-7)10-4-11(15(19,20)21)23-6-22-10/h1-4,6H,5H2,(H,24,25)(H,26,27). The fourth-order valence-corrected chi connectivity index (χ4v) is 2.03. The molecule has 1 amide bonds. The first-order valence-electron chi connectivity index (χ1n) is 7.00. The molecule has 0 radical (unpaired) electrons. The summed E-state index contributed by atoms with van der Waals surface area (Å²) in [5.74, 6) is -2.57. The second-order valence-corrected chi connectivity index (χ2v) is 5.16. The molecule has 0 aliphatic heterocycles. The van der Waals surface area contributed by atoms with Crippen LogP contribution in [0, 0.1) is 0 Å². The number of carbonyl (C=O) groups is 2. The van der Waals surface area contributed by atoms with Crippen molar-refractivity contribution in [3.63, 3.8) is 0 Å². The van der Waals surface area contributed by atoms with Crippen LogP contribution in [0.2, 0.25) is 0 Å². The van der Waals surface area contributed by atoms with Gasteiger partial charge in [0.2, 0.25) is 5.91 Å². The van der Waals surface area contributed by atoms with E-state index < -0.39 is 53.2 Å². The fourth-order valence-electron chi connectivity index (χ4n) is 2.03. The average Bonchev–Trinajstić information content (AvgIpc) is 2.52. The molecule has 1 aromatic carbocycles. The number of aromatic nitrogens is 2. The van der Waals surface area contributed by atoms with E-state index in [0.29, 0.717) is 24.5 Å². The van der Waals surface area contributed by atoms with Crippen LogP contribution in [0.3, 0.4) is 0 Å². The molecule has 0 saturated carbocycles. The Balaban J connectivity index is 2.57. The van der Waals surface area contributed by atoms with Crippen LogP contribution in [-0.2, 0) is 21.9 Å². The van der Waals surface area contributed by atoms with E-state index in [1.54, 1.807) is 0 Å². The Morgan fingerprint density at radius 1 is 1.00 bits per heavy atom.